The van der Waals surface area contributed by atoms with Crippen LogP contribution in [-0.2, 0) is 4.94 Å². The molecule has 1 saturated heterocycles. The van der Waals surface area contributed by atoms with E-state index in [0.29, 0.717) is 0 Å². The van der Waals surface area contributed by atoms with E-state index in [0.717, 1.165) is 5.70 Å². The minimum Gasteiger partial charge on any atom is -0.265 e. The molecule has 1 atom stereocenters. The van der Waals surface area contributed by atoms with Crippen molar-refractivity contribution in [3.8, 4) is 0 Å². The maximum Gasteiger partial charge on any atom is 0.113 e. The molecule has 4 nitrogen and oxygen atoms in total. The quantitative estimate of drug-likeness (QED) is 0.435. The van der Waals surface area contributed by atoms with Crippen molar-refractivity contribution in [1.82, 2.24) is 11.0 Å². The summed E-state index contributed by atoms with van der Waals surface area (Å²) in [6.07, 6.45) is 3.50. The fourth-order valence-corrected chi connectivity index (χ4v) is 0.706. The first-order chi connectivity index (χ1) is 3.97. The van der Waals surface area contributed by atoms with Gasteiger partial charge in [-0.3, -0.25) is 4.99 Å². The van der Waals surface area contributed by atoms with E-state index >= 15 is 0 Å². The summed E-state index contributed by atoms with van der Waals surface area (Å²) in [7, 11) is 0. The predicted molar refractivity (Wildman–Crippen MR) is 27.7 cm³/mol. The van der Waals surface area contributed by atoms with Gasteiger partial charge in [0.2, 0.25) is 0 Å². The molecule has 2 rings (SSSR count). The lowest BCUT2D eigenvalue weighted by Gasteiger charge is -1.89. The Bertz CT molecular complexity index is 163. The highest BCUT2D eigenvalue weighted by Gasteiger charge is 2.21. The van der Waals surface area contributed by atoms with Gasteiger partial charge in [0.05, 0.1) is 5.70 Å². The molecule has 0 amide bonds. The first-order valence-corrected chi connectivity index (χ1v) is 2.37. The van der Waals surface area contributed by atoms with Crippen LogP contribution in [0.3, 0.4) is 0 Å². The molecule has 2 aliphatic rings. The summed E-state index contributed by atoms with van der Waals surface area (Å²) >= 11 is 0. The predicted octanol–water partition coefficient (Wildman–Crippen LogP) is -0.680. The van der Waals surface area contributed by atoms with Crippen LogP contribution in [0.25, 0.3) is 0 Å². The largest absolute Gasteiger partial charge is 0.265 e. The molecule has 0 bridgehead atoms. The van der Waals surface area contributed by atoms with Crippen LogP contribution in [0.4, 0.5) is 0 Å². The number of nitrogens with zero attached hydrogens (tertiary/aromatic N) is 1. The fourth-order valence-electron chi connectivity index (χ4n) is 0.706. The van der Waals surface area contributed by atoms with Crippen LogP contribution < -0.4 is 11.0 Å². The maximum absolute atomic E-state index is 4.65. The average molecular weight is 111 g/mol. The third-order valence-corrected chi connectivity index (χ3v) is 1.14. The first-order valence-electron chi connectivity index (χ1n) is 2.37. The molecular formula is C4H5N3O. The summed E-state index contributed by atoms with van der Waals surface area (Å²) in [5.74, 6) is 0. The van der Waals surface area contributed by atoms with E-state index in [2.05, 4.69) is 20.9 Å². The zero-order chi connectivity index (χ0) is 5.40. The maximum atomic E-state index is 4.65. The van der Waals surface area contributed by atoms with Gasteiger partial charge in [-0.1, -0.05) is 0 Å². The molecule has 0 radical (unpaired) electrons. The molecule has 42 valence electrons. The van der Waals surface area contributed by atoms with E-state index in [1.807, 2.05) is 0 Å². The van der Waals surface area contributed by atoms with Crippen LogP contribution in [0.1, 0.15) is 0 Å². The van der Waals surface area contributed by atoms with E-state index < -0.39 is 0 Å². The van der Waals surface area contributed by atoms with Gasteiger partial charge in [-0.25, -0.2) is 5.48 Å². The van der Waals surface area contributed by atoms with Crippen LogP contribution in [0.2, 0.25) is 0 Å². The van der Waals surface area contributed by atoms with Crippen molar-refractivity contribution < 1.29 is 4.94 Å². The van der Waals surface area contributed by atoms with Crippen molar-refractivity contribution in [1.29, 1.82) is 0 Å². The number of hydrogen-bond donors (Lipinski definition) is 2. The highest BCUT2D eigenvalue weighted by molar-refractivity contribution is 5.72. The lowest BCUT2D eigenvalue weighted by Crippen LogP contribution is -2.20. The van der Waals surface area contributed by atoms with Crippen molar-refractivity contribution in [2.24, 2.45) is 4.99 Å². The van der Waals surface area contributed by atoms with Gasteiger partial charge in [-0.05, 0) is 0 Å². The number of aliphatic imine (C=N–C) groups is 1. The molecule has 0 aromatic rings. The van der Waals surface area contributed by atoms with Crippen molar-refractivity contribution in [2.45, 2.75) is 6.04 Å². The van der Waals surface area contributed by atoms with Crippen molar-refractivity contribution in [3.63, 3.8) is 0 Å². The fraction of sp³-hybridized carbons (Fsp3) is 0.250. The minimum absolute atomic E-state index is 0.162. The lowest BCUT2D eigenvalue weighted by atomic mass is 10.3. The van der Waals surface area contributed by atoms with E-state index in [1.165, 1.54) is 0 Å². The minimum atomic E-state index is 0.162. The summed E-state index contributed by atoms with van der Waals surface area (Å²) < 4.78 is 0. The van der Waals surface area contributed by atoms with Crippen LogP contribution >= 0.6 is 0 Å². The molecule has 0 aromatic carbocycles. The van der Waals surface area contributed by atoms with Gasteiger partial charge < -0.3 is 0 Å². The Morgan fingerprint density at radius 3 is 3.62 bits per heavy atom. The first kappa shape index (κ1) is 4.05. The Hall–Kier alpha value is -0.870. The third-order valence-electron chi connectivity index (χ3n) is 1.14. The summed E-state index contributed by atoms with van der Waals surface area (Å²) in [5.41, 5.74) is 6.31. The third kappa shape index (κ3) is 0.382. The van der Waals surface area contributed by atoms with Crippen molar-refractivity contribution in [2.75, 3.05) is 0 Å². The number of hydrogen-bond acceptors (Lipinski definition) is 4. The van der Waals surface area contributed by atoms with Crippen LogP contribution in [0.15, 0.2) is 16.9 Å². The zero-order valence-corrected chi connectivity index (χ0v) is 4.09. The molecule has 0 aromatic heterocycles. The lowest BCUT2D eigenvalue weighted by molar-refractivity contribution is 0.0243. The van der Waals surface area contributed by atoms with Gasteiger partial charge in [-0.15, -0.1) is 0 Å². The zero-order valence-electron chi connectivity index (χ0n) is 4.09. The number of hydroxylamine groups is 2. The van der Waals surface area contributed by atoms with Crippen LogP contribution in [0, 0.1) is 0 Å². The molecule has 1 fully saturated rings. The summed E-state index contributed by atoms with van der Waals surface area (Å²) in [4.78, 5) is 8.53. The molecular weight excluding hydrogens is 106 g/mol. The Labute approximate surface area is 46.1 Å². The van der Waals surface area contributed by atoms with Gasteiger partial charge in [0.1, 0.15) is 6.04 Å². The molecule has 2 N–H and O–H groups in total. The Balaban J connectivity index is 2.29. The molecule has 8 heavy (non-hydrogen) atoms. The van der Waals surface area contributed by atoms with Gasteiger partial charge in [0.15, 0.2) is 0 Å². The smallest absolute Gasteiger partial charge is 0.113 e. The average Bonchev–Trinajstić information content (AvgIpc) is 2.15. The second-order valence-electron chi connectivity index (χ2n) is 1.68. The normalized spacial score (nSPS) is 32.0. The molecule has 4 heteroatoms. The number of fused-ring (bicyclic) bond motifs is 1. The van der Waals surface area contributed by atoms with E-state index in [9.17, 15) is 0 Å². The number of nitrogens with one attached hydrogen (secondary N) is 2. The van der Waals surface area contributed by atoms with Gasteiger partial charge in [0.25, 0.3) is 0 Å². The highest BCUT2D eigenvalue weighted by atomic mass is 16.8. The Kier molecular flexibility index (Phi) is 0.660. The molecule has 2 heterocycles. The van der Waals surface area contributed by atoms with Gasteiger partial charge in [-0.2, -0.15) is 10.4 Å². The molecule has 1 unspecified atom stereocenters. The molecule has 0 spiro atoms. The highest BCUT2D eigenvalue weighted by Crippen LogP contribution is 2.07. The molecule has 0 saturated carbocycles. The monoisotopic (exact) mass is 111 g/mol. The second kappa shape index (κ2) is 1.30. The molecule has 0 aliphatic carbocycles. The van der Waals surface area contributed by atoms with Crippen molar-refractivity contribution in [3.05, 3.63) is 11.9 Å². The molecule has 2 aliphatic heterocycles. The van der Waals surface area contributed by atoms with Gasteiger partial charge in [0, 0.05) is 12.4 Å². The summed E-state index contributed by atoms with van der Waals surface area (Å²) in [6.45, 7) is 0. The van der Waals surface area contributed by atoms with Gasteiger partial charge >= 0.3 is 0 Å². The van der Waals surface area contributed by atoms with E-state index in [4.69, 9.17) is 0 Å². The Morgan fingerprint density at radius 2 is 2.75 bits per heavy atom. The van der Waals surface area contributed by atoms with Crippen LogP contribution in [0.5, 0.6) is 0 Å². The SMILES string of the molecule is C1=NC=C2NONC12. The topological polar surface area (TPSA) is 45.7 Å². The Morgan fingerprint density at radius 1 is 1.75 bits per heavy atom. The summed E-state index contributed by atoms with van der Waals surface area (Å²) in [6, 6.07) is 0.162. The summed E-state index contributed by atoms with van der Waals surface area (Å²) in [5, 5.41) is 0. The van der Waals surface area contributed by atoms with E-state index in [-0.39, 0.29) is 6.04 Å². The number of rotatable bonds is 0. The standard InChI is InChI=1S/C4H5N3O/c1-3-4(2-5-1)7-8-6-3/h1-3,6-7H. The van der Waals surface area contributed by atoms with Crippen molar-refractivity contribution >= 4 is 6.21 Å². The second-order valence-corrected chi connectivity index (χ2v) is 1.68. The van der Waals surface area contributed by atoms with E-state index in [1.54, 1.807) is 12.4 Å². The van der Waals surface area contributed by atoms with Crippen LogP contribution in [-0.4, -0.2) is 12.3 Å².